The van der Waals surface area contributed by atoms with Gasteiger partial charge in [0.1, 0.15) is 0 Å². The number of likely N-dealkylation sites (tertiary alicyclic amines) is 2. The number of fused-ring (bicyclic) bond motifs is 1. The molecule has 0 aliphatic carbocycles. The van der Waals surface area contributed by atoms with Gasteiger partial charge in [0.25, 0.3) is 0 Å². The molecule has 0 aromatic heterocycles. The summed E-state index contributed by atoms with van der Waals surface area (Å²) in [5.41, 5.74) is 2.17. The third-order valence-corrected chi connectivity index (χ3v) is 5.08. The molecule has 2 nitrogen and oxygen atoms in total. The maximum absolute atomic E-state index is 2.68. The lowest BCUT2D eigenvalue weighted by atomic mass is 9.75. The number of hydrogen-bond donors (Lipinski definition) is 0. The Morgan fingerprint density at radius 1 is 1.05 bits per heavy atom. The number of rotatable bonds is 1. The van der Waals surface area contributed by atoms with Gasteiger partial charge in [-0.3, -0.25) is 4.90 Å². The second-order valence-electron chi connectivity index (χ2n) is 7.47. The first-order chi connectivity index (χ1) is 8.92. The largest absolute Gasteiger partial charge is 0.305 e. The Hall–Kier alpha value is -0.860. The normalized spacial score (nSPS) is 32.7. The molecular weight excluding hydrogens is 232 g/mol. The van der Waals surface area contributed by atoms with Gasteiger partial charge in [0, 0.05) is 37.1 Å². The topological polar surface area (TPSA) is 6.48 Å². The van der Waals surface area contributed by atoms with Crippen LogP contribution in [0.5, 0.6) is 0 Å². The summed E-state index contributed by atoms with van der Waals surface area (Å²) in [6, 6.07) is 11.2. The average molecular weight is 258 g/mol. The lowest BCUT2D eigenvalue weighted by molar-refractivity contribution is 0.149. The Morgan fingerprint density at radius 2 is 1.74 bits per heavy atom. The molecule has 104 valence electrons. The molecule has 1 aromatic rings. The van der Waals surface area contributed by atoms with Crippen LogP contribution in [0, 0.1) is 5.92 Å². The first-order valence-corrected chi connectivity index (χ1v) is 7.41. The van der Waals surface area contributed by atoms with Crippen molar-refractivity contribution >= 4 is 0 Å². The van der Waals surface area contributed by atoms with Crippen LogP contribution in [0.3, 0.4) is 0 Å². The number of likely N-dealkylation sites (N-methyl/N-ethyl adjacent to an activating group) is 1. The molecule has 2 heteroatoms. The monoisotopic (exact) mass is 258 g/mol. The standard InChI is InChI=1S/C17H26N2/c1-16(2,3)19-11-15-10-18(4)12-17(15,13-19)14-8-6-5-7-9-14/h5-9,15H,10-13H2,1-4H3/t15-,17+/m0/s1. The second kappa shape index (κ2) is 4.32. The molecule has 1 aromatic carbocycles. The van der Waals surface area contributed by atoms with E-state index in [0.717, 1.165) is 5.92 Å². The Kier molecular flexibility index (Phi) is 2.99. The van der Waals surface area contributed by atoms with Gasteiger partial charge in [0.2, 0.25) is 0 Å². The van der Waals surface area contributed by atoms with Crippen LogP contribution in [0.1, 0.15) is 26.3 Å². The van der Waals surface area contributed by atoms with Gasteiger partial charge in [0.05, 0.1) is 0 Å². The van der Waals surface area contributed by atoms with E-state index in [4.69, 9.17) is 0 Å². The van der Waals surface area contributed by atoms with Crippen LogP contribution in [-0.2, 0) is 5.41 Å². The van der Waals surface area contributed by atoms with Gasteiger partial charge in [-0.05, 0) is 39.3 Å². The van der Waals surface area contributed by atoms with Gasteiger partial charge < -0.3 is 4.90 Å². The van der Waals surface area contributed by atoms with E-state index in [1.54, 1.807) is 0 Å². The highest BCUT2D eigenvalue weighted by molar-refractivity contribution is 5.32. The fraction of sp³-hybridized carbons (Fsp3) is 0.647. The molecule has 0 radical (unpaired) electrons. The fourth-order valence-electron chi connectivity index (χ4n) is 4.01. The molecule has 0 unspecified atom stereocenters. The molecule has 0 N–H and O–H groups in total. The molecular formula is C17H26N2. The van der Waals surface area contributed by atoms with Crippen molar-refractivity contribution in [3.8, 4) is 0 Å². The average Bonchev–Trinajstić information content (AvgIpc) is 2.83. The maximum Gasteiger partial charge on any atom is 0.0260 e. The maximum atomic E-state index is 2.68. The van der Waals surface area contributed by atoms with Crippen LogP contribution in [0.25, 0.3) is 0 Å². The third kappa shape index (κ3) is 2.11. The van der Waals surface area contributed by atoms with Crippen molar-refractivity contribution in [1.29, 1.82) is 0 Å². The molecule has 2 fully saturated rings. The number of nitrogens with zero attached hydrogens (tertiary/aromatic N) is 2. The minimum atomic E-state index is 0.282. The van der Waals surface area contributed by atoms with Gasteiger partial charge in [-0.25, -0.2) is 0 Å². The van der Waals surface area contributed by atoms with Crippen molar-refractivity contribution in [3.05, 3.63) is 35.9 Å². The predicted molar refractivity (Wildman–Crippen MR) is 80.4 cm³/mol. The molecule has 2 heterocycles. The zero-order valence-corrected chi connectivity index (χ0v) is 12.7. The molecule has 0 amide bonds. The Balaban J connectivity index is 1.97. The fourth-order valence-corrected chi connectivity index (χ4v) is 4.01. The molecule has 2 saturated heterocycles. The van der Waals surface area contributed by atoms with E-state index in [1.807, 2.05) is 0 Å². The van der Waals surface area contributed by atoms with Crippen molar-refractivity contribution in [3.63, 3.8) is 0 Å². The highest BCUT2D eigenvalue weighted by Crippen LogP contribution is 2.46. The second-order valence-corrected chi connectivity index (χ2v) is 7.47. The van der Waals surface area contributed by atoms with Crippen molar-refractivity contribution in [1.82, 2.24) is 9.80 Å². The van der Waals surface area contributed by atoms with Crippen LogP contribution in [0.2, 0.25) is 0 Å². The summed E-state index contributed by atoms with van der Waals surface area (Å²) < 4.78 is 0. The molecule has 19 heavy (non-hydrogen) atoms. The van der Waals surface area contributed by atoms with E-state index in [0.29, 0.717) is 5.41 Å². The minimum absolute atomic E-state index is 0.282. The molecule has 0 saturated carbocycles. The Labute approximate surface area is 117 Å². The van der Waals surface area contributed by atoms with Crippen molar-refractivity contribution < 1.29 is 0 Å². The number of hydrogen-bond acceptors (Lipinski definition) is 2. The van der Waals surface area contributed by atoms with Crippen molar-refractivity contribution in [2.24, 2.45) is 5.92 Å². The van der Waals surface area contributed by atoms with Gasteiger partial charge >= 0.3 is 0 Å². The summed E-state index contributed by atoms with van der Waals surface area (Å²) in [5.74, 6) is 0.777. The van der Waals surface area contributed by atoms with Gasteiger partial charge in [-0.2, -0.15) is 0 Å². The molecule has 2 aliphatic rings. The Morgan fingerprint density at radius 3 is 2.37 bits per heavy atom. The number of benzene rings is 1. The minimum Gasteiger partial charge on any atom is -0.305 e. The predicted octanol–water partition coefficient (Wildman–Crippen LogP) is 2.60. The van der Waals surface area contributed by atoms with Crippen LogP contribution < -0.4 is 0 Å². The van der Waals surface area contributed by atoms with E-state index in [2.05, 4.69) is 68.0 Å². The van der Waals surface area contributed by atoms with E-state index in [1.165, 1.54) is 31.7 Å². The van der Waals surface area contributed by atoms with E-state index in [9.17, 15) is 0 Å². The summed E-state index contributed by atoms with van der Waals surface area (Å²) in [7, 11) is 2.27. The lowest BCUT2D eigenvalue weighted by Gasteiger charge is -2.35. The highest BCUT2D eigenvalue weighted by atomic mass is 15.3. The summed E-state index contributed by atoms with van der Waals surface area (Å²) in [6.45, 7) is 11.9. The summed E-state index contributed by atoms with van der Waals surface area (Å²) in [4.78, 5) is 5.19. The van der Waals surface area contributed by atoms with Crippen LogP contribution >= 0.6 is 0 Å². The first kappa shape index (κ1) is 13.1. The lowest BCUT2D eigenvalue weighted by Crippen LogP contribution is -2.44. The van der Waals surface area contributed by atoms with Gasteiger partial charge in [-0.15, -0.1) is 0 Å². The molecule has 3 rings (SSSR count). The van der Waals surface area contributed by atoms with Gasteiger partial charge in [-0.1, -0.05) is 30.3 Å². The molecule has 0 spiro atoms. The first-order valence-electron chi connectivity index (χ1n) is 7.41. The van der Waals surface area contributed by atoms with E-state index < -0.39 is 0 Å². The summed E-state index contributed by atoms with van der Waals surface area (Å²) >= 11 is 0. The van der Waals surface area contributed by atoms with Crippen LogP contribution in [-0.4, -0.2) is 48.6 Å². The summed E-state index contributed by atoms with van der Waals surface area (Å²) in [5, 5.41) is 0. The smallest absolute Gasteiger partial charge is 0.0260 e. The zero-order valence-electron chi connectivity index (χ0n) is 12.7. The Bertz CT molecular complexity index is 448. The summed E-state index contributed by atoms with van der Waals surface area (Å²) in [6.07, 6.45) is 0. The van der Waals surface area contributed by atoms with E-state index in [-0.39, 0.29) is 5.54 Å². The van der Waals surface area contributed by atoms with Crippen LogP contribution in [0.15, 0.2) is 30.3 Å². The van der Waals surface area contributed by atoms with E-state index >= 15 is 0 Å². The SMILES string of the molecule is CN1C[C@H]2CN(C(C)(C)C)C[C@@]2(c2ccccc2)C1. The quantitative estimate of drug-likeness (QED) is 0.764. The zero-order chi connectivity index (χ0) is 13.7. The van der Waals surface area contributed by atoms with Crippen LogP contribution in [0.4, 0.5) is 0 Å². The molecule has 0 bridgehead atoms. The van der Waals surface area contributed by atoms with Gasteiger partial charge in [0.15, 0.2) is 0 Å². The van der Waals surface area contributed by atoms with Crippen molar-refractivity contribution in [2.45, 2.75) is 31.7 Å². The molecule has 2 aliphatic heterocycles. The molecule has 2 atom stereocenters. The highest BCUT2D eigenvalue weighted by Gasteiger charge is 2.53. The third-order valence-electron chi connectivity index (χ3n) is 5.08. The van der Waals surface area contributed by atoms with Crippen molar-refractivity contribution in [2.75, 3.05) is 33.2 Å².